The molecule has 3 rings (SSSR count). The van der Waals surface area contributed by atoms with Crippen LogP contribution in [0.1, 0.15) is 23.3 Å². The van der Waals surface area contributed by atoms with Crippen molar-refractivity contribution >= 4 is 44.3 Å². The molecule has 0 N–H and O–H groups in total. The molecule has 0 saturated heterocycles. The van der Waals surface area contributed by atoms with Crippen molar-refractivity contribution < 1.29 is 0 Å². The molecule has 0 unspecified atom stereocenters. The first-order valence-electron chi connectivity index (χ1n) is 4.96. The predicted octanol–water partition coefficient (Wildman–Crippen LogP) is 2.53. The largest absolute Gasteiger partial charge is 0.293 e. The maximum atomic E-state index is 11.8. The molecule has 2 aromatic heterocycles. The lowest BCUT2D eigenvalue weighted by molar-refractivity contribution is 0.700. The maximum Gasteiger partial charge on any atom is 0.293 e. The molecule has 1 aliphatic rings. The summed E-state index contributed by atoms with van der Waals surface area (Å²) in [5, 5.41) is 5.18. The molecule has 2 heterocycles. The number of thiophene rings is 1. The predicted molar refractivity (Wildman–Crippen MR) is 69.9 cm³/mol. The number of hydrogen-bond acceptors (Lipinski definition) is 3. The molecular formula is C10H9IN2OS. The first-order valence-corrected chi connectivity index (χ1v) is 6.74. The molecule has 3 nitrogen and oxygen atoms in total. The summed E-state index contributed by atoms with van der Waals surface area (Å²) >= 11 is 3.60. The molecule has 5 heteroatoms. The Labute approximate surface area is 105 Å². The lowest BCUT2D eigenvalue weighted by Gasteiger charge is -2.09. The van der Waals surface area contributed by atoms with Crippen LogP contribution in [0.25, 0.3) is 10.1 Å². The van der Waals surface area contributed by atoms with Crippen LogP contribution in [0.2, 0.25) is 0 Å². The van der Waals surface area contributed by atoms with E-state index in [1.165, 1.54) is 26.2 Å². The summed E-state index contributed by atoms with van der Waals surface area (Å²) in [7, 11) is 0. The van der Waals surface area contributed by atoms with Crippen molar-refractivity contribution in [1.82, 2.24) is 7.99 Å². The number of aryl methyl sites for hydroxylation is 2. The van der Waals surface area contributed by atoms with Crippen LogP contribution in [0.15, 0.2) is 11.0 Å². The van der Waals surface area contributed by atoms with E-state index in [0.717, 1.165) is 22.9 Å². The molecule has 0 spiro atoms. The van der Waals surface area contributed by atoms with Gasteiger partial charge in [-0.15, -0.1) is 11.3 Å². The van der Waals surface area contributed by atoms with Gasteiger partial charge in [0, 0.05) is 10.3 Å². The smallest absolute Gasteiger partial charge is 0.265 e. The maximum absolute atomic E-state index is 11.8. The fourth-order valence-electron chi connectivity index (χ4n) is 2.13. The van der Waals surface area contributed by atoms with E-state index in [1.54, 1.807) is 11.3 Å². The monoisotopic (exact) mass is 332 g/mol. The van der Waals surface area contributed by atoms with Crippen molar-refractivity contribution in [1.29, 1.82) is 0 Å². The van der Waals surface area contributed by atoms with Crippen LogP contribution in [0, 0.1) is 0 Å². The molecule has 0 fully saturated rings. The van der Waals surface area contributed by atoms with Gasteiger partial charge in [0.2, 0.25) is 0 Å². The van der Waals surface area contributed by atoms with Gasteiger partial charge in [0.15, 0.2) is 0 Å². The minimum atomic E-state index is 0.0347. The van der Waals surface area contributed by atoms with Crippen molar-refractivity contribution in [3.05, 3.63) is 27.0 Å². The van der Waals surface area contributed by atoms with Crippen LogP contribution < -0.4 is 5.56 Å². The molecule has 1 aliphatic carbocycles. The zero-order valence-corrected chi connectivity index (χ0v) is 11.0. The lowest BCUT2D eigenvalue weighted by atomic mass is 9.97. The third kappa shape index (κ3) is 1.44. The Bertz CT molecular complexity index is 587. The van der Waals surface area contributed by atoms with E-state index in [0.29, 0.717) is 0 Å². The minimum Gasteiger partial charge on any atom is -0.265 e. The molecule has 0 aromatic carbocycles. The summed E-state index contributed by atoms with van der Waals surface area (Å²) in [5.41, 5.74) is 1.41. The third-order valence-electron chi connectivity index (χ3n) is 2.86. The first-order chi connectivity index (χ1) is 7.27. The summed E-state index contributed by atoms with van der Waals surface area (Å²) in [6.07, 6.45) is 6.58. The molecule has 0 aliphatic heterocycles. The number of aromatic nitrogens is 2. The van der Waals surface area contributed by atoms with Gasteiger partial charge in [0.1, 0.15) is 4.70 Å². The van der Waals surface area contributed by atoms with Crippen LogP contribution in [0.4, 0.5) is 0 Å². The summed E-state index contributed by atoms with van der Waals surface area (Å²) in [5.74, 6) is 0. The normalized spacial score (nSPS) is 15.5. The number of fused-ring (bicyclic) bond motifs is 3. The lowest BCUT2D eigenvalue weighted by Crippen LogP contribution is -2.13. The summed E-state index contributed by atoms with van der Waals surface area (Å²) in [4.78, 5) is 13.3. The van der Waals surface area contributed by atoms with E-state index in [9.17, 15) is 4.79 Å². The van der Waals surface area contributed by atoms with Gasteiger partial charge in [-0.05, 0) is 31.2 Å². The van der Waals surface area contributed by atoms with E-state index in [1.807, 2.05) is 29.1 Å². The standard InChI is InChI=1S/C10H9IN2OS/c11-13-10(14)9-7(5-12-13)6-3-1-2-4-8(6)15-9/h5H,1-4H2. The molecule has 78 valence electrons. The van der Waals surface area contributed by atoms with Crippen molar-refractivity contribution in [3.63, 3.8) is 0 Å². The van der Waals surface area contributed by atoms with Gasteiger partial charge in [-0.2, -0.15) is 7.99 Å². The van der Waals surface area contributed by atoms with Crippen molar-refractivity contribution in [2.75, 3.05) is 0 Å². The molecular weight excluding hydrogens is 323 g/mol. The highest BCUT2D eigenvalue weighted by Crippen LogP contribution is 2.34. The average molecular weight is 332 g/mol. The van der Waals surface area contributed by atoms with E-state index in [2.05, 4.69) is 5.10 Å². The van der Waals surface area contributed by atoms with E-state index in [4.69, 9.17) is 0 Å². The number of rotatable bonds is 0. The van der Waals surface area contributed by atoms with Crippen molar-refractivity contribution in [2.24, 2.45) is 0 Å². The Hall–Kier alpha value is -0.430. The van der Waals surface area contributed by atoms with E-state index < -0.39 is 0 Å². The highest BCUT2D eigenvalue weighted by atomic mass is 127. The zero-order valence-electron chi connectivity index (χ0n) is 7.99. The van der Waals surface area contributed by atoms with Crippen molar-refractivity contribution in [2.45, 2.75) is 25.7 Å². The second kappa shape index (κ2) is 3.55. The van der Waals surface area contributed by atoms with Crippen LogP contribution in [-0.4, -0.2) is 7.99 Å². The topological polar surface area (TPSA) is 34.9 Å². The van der Waals surface area contributed by atoms with Gasteiger partial charge in [0.25, 0.3) is 5.56 Å². The zero-order chi connectivity index (χ0) is 10.4. The molecule has 0 radical (unpaired) electrons. The minimum absolute atomic E-state index is 0.0347. The quantitative estimate of drug-likeness (QED) is 0.695. The van der Waals surface area contributed by atoms with E-state index in [-0.39, 0.29) is 5.56 Å². The van der Waals surface area contributed by atoms with Gasteiger partial charge >= 0.3 is 0 Å². The Balaban J connectivity index is 2.41. The van der Waals surface area contributed by atoms with Gasteiger partial charge < -0.3 is 0 Å². The number of hydrogen-bond donors (Lipinski definition) is 0. The highest BCUT2D eigenvalue weighted by molar-refractivity contribution is 14.1. The van der Waals surface area contributed by atoms with Crippen LogP contribution in [0.5, 0.6) is 0 Å². The third-order valence-corrected chi connectivity index (χ3v) is 4.85. The van der Waals surface area contributed by atoms with Crippen LogP contribution in [0.3, 0.4) is 0 Å². The molecule has 2 aromatic rings. The number of halogens is 1. The molecule has 0 atom stereocenters. The second-order valence-corrected chi connectivity index (χ2v) is 5.78. The molecule has 0 saturated carbocycles. The van der Waals surface area contributed by atoms with E-state index >= 15 is 0 Å². The molecule has 0 amide bonds. The van der Waals surface area contributed by atoms with Gasteiger partial charge in [-0.3, -0.25) is 4.79 Å². The summed E-state index contributed by atoms with van der Waals surface area (Å²) < 4.78 is 2.27. The Kier molecular flexibility index (Phi) is 2.31. The van der Waals surface area contributed by atoms with Crippen LogP contribution in [-0.2, 0) is 12.8 Å². The van der Waals surface area contributed by atoms with Crippen molar-refractivity contribution in [3.8, 4) is 0 Å². The van der Waals surface area contributed by atoms with Crippen LogP contribution >= 0.6 is 34.2 Å². The fraction of sp³-hybridized carbons (Fsp3) is 0.400. The Morgan fingerprint density at radius 1 is 1.40 bits per heavy atom. The summed E-state index contributed by atoms with van der Waals surface area (Å²) in [6, 6.07) is 0. The number of nitrogens with zero attached hydrogens (tertiary/aromatic N) is 2. The van der Waals surface area contributed by atoms with Gasteiger partial charge in [0.05, 0.1) is 29.1 Å². The average Bonchev–Trinajstić information content (AvgIpc) is 2.63. The second-order valence-electron chi connectivity index (χ2n) is 3.76. The highest BCUT2D eigenvalue weighted by Gasteiger charge is 2.18. The Morgan fingerprint density at radius 3 is 3.07 bits per heavy atom. The Morgan fingerprint density at radius 2 is 2.20 bits per heavy atom. The molecule has 15 heavy (non-hydrogen) atoms. The van der Waals surface area contributed by atoms with Gasteiger partial charge in [-0.25, -0.2) is 0 Å². The SMILES string of the molecule is O=c1c2sc3c(c2cnn1I)CCCC3. The summed E-state index contributed by atoms with van der Waals surface area (Å²) in [6.45, 7) is 0. The van der Waals surface area contributed by atoms with Gasteiger partial charge in [-0.1, -0.05) is 0 Å². The molecule has 0 bridgehead atoms. The first kappa shape index (κ1) is 9.77. The fourth-order valence-corrected chi connectivity index (χ4v) is 3.95.